The second-order valence-corrected chi connectivity index (χ2v) is 4.58. The molecule has 0 saturated carbocycles. The lowest BCUT2D eigenvalue weighted by Gasteiger charge is -2.27. The molecule has 1 rings (SSSR count). The molecule has 2 amide bonds. The van der Waals surface area contributed by atoms with E-state index in [2.05, 4.69) is 15.5 Å². The van der Waals surface area contributed by atoms with Crippen LogP contribution in [-0.2, 0) is 4.79 Å². The van der Waals surface area contributed by atoms with Crippen molar-refractivity contribution in [2.45, 2.75) is 19.4 Å². The Bertz CT molecular complexity index is 437. The molecular formula is C14H21N3O3. The minimum Gasteiger partial charge on any atom is -0.481 e. The van der Waals surface area contributed by atoms with Gasteiger partial charge in [0.1, 0.15) is 0 Å². The molecule has 0 aliphatic heterocycles. The molecule has 0 spiro atoms. The Morgan fingerprint density at radius 2 is 1.90 bits per heavy atom. The molecule has 0 aromatic heterocycles. The number of nitrogens with zero attached hydrogens (tertiary/aromatic N) is 1. The molecular weight excluding hydrogens is 258 g/mol. The third-order valence-electron chi connectivity index (χ3n) is 3.01. The fraction of sp³-hybridized carbons (Fsp3) is 0.429. The Balaban J connectivity index is 2.30. The van der Waals surface area contributed by atoms with Gasteiger partial charge in [-0.25, -0.2) is 4.79 Å². The zero-order chi connectivity index (χ0) is 15.0. The van der Waals surface area contributed by atoms with Crippen LogP contribution in [0.3, 0.4) is 0 Å². The van der Waals surface area contributed by atoms with Crippen molar-refractivity contribution in [1.29, 1.82) is 0 Å². The first-order chi connectivity index (χ1) is 9.50. The van der Waals surface area contributed by atoms with Crippen molar-refractivity contribution in [1.82, 2.24) is 10.6 Å². The fourth-order valence-electron chi connectivity index (χ4n) is 1.64. The smallest absolute Gasteiger partial charge is 0.314 e. The molecule has 0 saturated heterocycles. The zero-order valence-corrected chi connectivity index (χ0v) is 11.8. The maximum Gasteiger partial charge on any atom is 0.314 e. The van der Waals surface area contributed by atoms with E-state index in [1.54, 1.807) is 0 Å². The lowest BCUT2D eigenvalue weighted by Crippen LogP contribution is -2.44. The van der Waals surface area contributed by atoms with Crippen molar-refractivity contribution < 1.29 is 14.7 Å². The van der Waals surface area contributed by atoms with Crippen LogP contribution >= 0.6 is 0 Å². The third kappa shape index (κ3) is 5.60. The van der Waals surface area contributed by atoms with Crippen molar-refractivity contribution >= 4 is 17.7 Å². The highest BCUT2D eigenvalue weighted by atomic mass is 16.4. The van der Waals surface area contributed by atoms with Crippen molar-refractivity contribution in [3.8, 4) is 0 Å². The van der Waals surface area contributed by atoms with E-state index >= 15 is 0 Å². The average molecular weight is 279 g/mol. The number of hydrogen-bond acceptors (Lipinski definition) is 3. The minimum absolute atomic E-state index is 0.0765. The summed E-state index contributed by atoms with van der Waals surface area (Å²) in [4.78, 5) is 23.8. The number of urea groups is 1. The second-order valence-electron chi connectivity index (χ2n) is 4.58. The van der Waals surface area contributed by atoms with Crippen LogP contribution in [0.1, 0.15) is 13.3 Å². The summed E-state index contributed by atoms with van der Waals surface area (Å²) < 4.78 is 0. The molecule has 0 fully saturated rings. The number of nitrogens with one attached hydrogen (secondary N) is 2. The van der Waals surface area contributed by atoms with Crippen LogP contribution < -0.4 is 15.5 Å². The average Bonchev–Trinajstić information content (AvgIpc) is 2.44. The van der Waals surface area contributed by atoms with E-state index in [4.69, 9.17) is 5.11 Å². The Labute approximate surface area is 118 Å². The standard InChI is InChI=1S/C14H21N3O3/c1-11(17(2)12-6-4-3-5-7-12)10-16-14(20)15-9-8-13(18)19/h3-7,11H,8-10H2,1-2H3,(H,18,19)(H2,15,16,20). The maximum atomic E-state index is 11.5. The molecule has 0 heterocycles. The molecule has 1 aromatic rings. The number of hydrogen-bond donors (Lipinski definition) is 3. The molecule has 0 bridgehead atoms. The van der Waals surface area contributed by atoms with E-state index in [1.165, 1.54) is 0 Å². The van der Waals surface area contributed by atoms with Gasteiger partial charge >= 0.3 is 12.0 Å². The normalized spacial score (nSPS) is 11.5. The maximum absolute atomic E-state index is 11.5. The monoisotopic (exact) mass is 279 g/mol. The first kappa shape index (κ1) is 15.8. The van der Waals surface area contributed by atoms with E-state index in [-0.39, 0.29) is 25.0 Å². The SMILES string of the molecule is CC(CNC(=O)NCCC(=O)O)N(C)c1ccccc1. The number of rotatable bonds is 7. The number of aliphatic carboxylic acids is 1. The quantitative estimate of drug-likeness (QED) is 0.702. The van der Waals surface area contributed by atoms with Crippen LogP contribution in [0.5, 0.6) is 0 Å². The first-order valence-corrected chi connectivity index (χ1v) is 6.52. The Kier molecular flexibility index (Phi) is 6.36. The molecule has 1 atom stereocenters. The van der Waals surface area contributed by atoms with E-state index in [1.807, 2.05) is 44.3 Å². The van der Waals surface area contributed by atoms with Crippen LogP contribution in [0.15, 0.2) is 30.3 Å². The molecule has 3 N–H and O–H groups in total. The summed E-state index contributed by atoms with van der Waals surface area (Å²) in [6.45, 7) is 2.61. The van der Waals surface area contributed by atoms with Gasteiger partial charge in [-0.15, -0.1) is 0 Å². The number of carbonyl (C=O) groups excluding carboxylic acids is 1. The van der Waals surface area contributed by atoms with E-state index in [9.17, 15) is 9.59 Å². The van der Waals surface area contributed by atoms with Crippen LogP contribution in [0.25, 0.3) is 0 Å². The molecule has 0 aliphatic rings. The highest BCUT2D eigenvalue weighted by Crippen LogP contribution is 2.13. The van der Waals surface area contributed by atoms with Gasteiger partial charge in [0.2, 0.25) is 0 Å². The van der Waals surface area contributed by atoms with Crippen LogP contribution in [0, 0.1) is 0 Å². The highest BCUT2D eigenvalue weighted by Gasteiger charge is 2.11. The first-order valence-electron chi connectivity index (χ1n) is 6.52. The van der Waals surface area contributed by atoms with Gasteiger partial charge in [-0.3, -0.25) is 4.79 Å². The predicted octanol–water partition coefficient (Wildman–Crippen LogP) is 1.29. The number of carbonyl (C=O) groups is 2. The summed E-state index contributed by atoms with van der Waals surface area (Å²) in [7, 11) is 1.96. The Morgan fingerprint density at radius 1 is 1.25 bits per heavy atom. The minimum atomic E-state index is -0.928. The number of anilines is 1. The van der Waals surface area contributed by atoms with Gasteiger partial charge in [-0.2, -0.15) is 0 Å². The van der Waals surface area contributed by atoms with Gasteiger partial charge in [0.05, 0.1) is 6.42 Å². The van der Waals surface area contributed by atoms with Gasteiger partial charge < -0.3 is 20.6 Å². The van der Waals surface area contributed by atoms with E-state index in [0.717, 1.165) is 5.69 Å². The topological polar surface area (TPSA) is 81.7 Å². The Morgan fingerprint density at radius 3 is 2.50 bits per heavy atom. The molecule has 0 aliphatic carbocycles. The zero-order valence-electron chi connectivity index (χ0n) is 11.8. The van der Waals surface area contributed by atoms with Crippen molar-refractivity contribution in [3.05, 3.63) is 30.3 Å². The predicted molar refractivity (Wildman–Crippen MR) is 78.0 cm³/mol. The van der Waals surface area contributed by atoms with Gasteiger partial charge in [0, 0.05) is 31.9 Å². The summed E-state index contributed by atoms with van der Waals surface area (Å²) in [5, 5.41) is 13.7. The fourth-order valence-corrected chi connectivity index (χ4v) is 1.64. The number of para-hydroxylation sites is 1. The molecule has 1 unspecified atom stereocenters. The molecule has 1 aromatic carbocycles. The number of amides is 2. The second kappa shape index (κ2) is 8.04. The van der Waals surface area contributed by atoms with Crippen LogP contribution in [0.4, 0.5) is 10.5 Å². The summed E-state index contributed by atoms with van der Waals surface area (Å²) in [6.07, 6.45) is -0.0765. The molecule has 6 heteroatoms. The van der Waals surface area contributed by atoms with Crippen molar-refractivity contribution in [2.24, 2.45) is 0 Å². The summed E-state index contributed by atoms with van der Waals surface area (Å²) >= 11 is 0. The number of benzene rings is 1. The largest absolute Gasteiger partial charge is 0.481 e. The Hall–Kier alpha value is -2.24. The molecule has 0 radical (unpaired) electrons. The van der Waals surface area contributed by atoms with Crippen LogP contribution in [0.2, 0.25) is 0 Å². The molecule has 6 nitrogen and oxygen atoms in total. The van der Waals surface area contributed by atoms with Crippen molar-refractivity contribution in [3.63, 3.8) is 0 Å². The summed E-state index contributed by atoms with van der Waals surface area (Å²) in [6, 6.07) is 9.67. The number of carboxylic acid groups (broad SMARTS) is 1. The highest BCUT2D eigenvalue weighted by molar-refractivity contribution is 5.75. The van der Waals surface area contributed by atoms with Crippen LogP contribution in [-0.4, -0.2) is 43.3 Å². The van der Waals surface area contributed by atoms with Gasteiger partial charge in [0.25, 0.3) is 0 Å². The van der Waals surface area contributed by atoms with Gasteiger partial charge in [-0.1, -0.05) is 18.2 Å². The van der Waals surface area contributed by atoms with E-state index in [0.29, 0.717) is 6.54 Å². The lowest BCUT2D eigenvalue weighted by atomic mass is 10.2. The van der Waals surface area contributed by atoms with Gasteiger partial charge in [-0.05, 0) is 19.1 Å². The van der Waals surface area contributed by atoms with E-state index < -0.39 is 5.97 Å². The summed E-state index contributed by atoms with van der Waals surface area (Å²) in [5.74, 6) is -0.928. The van der Waals surface area contributed by atoms with Gasteiger partial charge in [0.15, 0.2) is 0 Å². The number of carboxylic acids is 1. The molecule has 110 valence electrons. The lowest BCUT2D eigenvalue weighted by molar-refractivity contribution is -0.136. The number of likely N-dealkylation sites (N-methyl/N-ethyl adjacent to an activating group) is 1. The van der Waals surface area contributed by atoms with Crippen molar-refractivity contribution in [2.75, 3.05) is 25.0 Å². The third-order valence-corrected chi connectivity index (χ3v) is 3.01. The summed E-state index contributed by atoms with van der Waals surface area (Å²) in [5.41, 5.74) is 1.08. The molecule has 20 heavy (non-hydrogen) atoms.